The lowest BCUT2D eigenvalue weighted by molar-refractivity contribution is -0.384. The van der Waals surface area contributed by atoms with Gasteiger partial charge in [0.1, 0.15) is 24.1 Å². The topological polar surface area (TPSA) is 125 Å². The van der Waals surface area contributed by atoms with Crippen molar-refractivity contribution in [2.75, 3.05) is 6.54 Å². The number of carbonyl (C=O) groups is 2. The molecular formula is C25H19N5O5. The summed E-state index contributed by atoms with van der Waals surface area (Å²) in [5.74, 6) is 0.369. The van der Waals surface area contributed by atoms with Crippen LogP contribution in [0.1, 0.15) is 17.0 Å². The number of non-ortho nitro benzene ring substituents is 1. The van der Waals surface area contributed by atoms with Gasteiger partial charge < -0.3 is 14.3 Å². The summed E-state index contributed by atoms with van der Waals surface area (Å²) < 4.78 is 5.74. The van der Waals surface area contributed by atoms with Crippen molar-refractivity contribution < 1.29 is 18.9 Å². The number of hydrogen-bond acceptors (Lipinski definition) is 6. The molecule has 1 fully saturated rings. The number of benzene rings is 2. The van der Waals surface area contributed by atoms with E-state index in [9.17, 15) is 19.7 Å². The highest BCUT2D eigenvalue weighted by molar-refractivity contribution is 5.97. The van der Waals surface area contributed by atoms with E-state index in [0.29, 0.717) is 30.0 Å². The molecule has 6 rings (SSSR count). The minimum absolute atomic E-state index is 0.0399. The Balaban J connectivity index is 1.23. The molecule has 1 N–H and O–H groups in total. The van der Waals surface area contributed by atoms with Crippen LogP contribution in [0.2, 0.25) is 0 Å². The molecule has 10 nitrogen and oxygen atoms in total. The van der Waals surface area contributed by atoms with Gasteiger partial charge in [0.15, 0.2) is 0 Å². The highest BCUT2D eigenvalue weighted by Gasteiger charge is 2.43. The van der Waals surface area contributed by atoms with Crippen LogP contribution in [0.4, 0.5) is 5.69 Å². The number of fused-ring (bicyclic) bond motifs is 4. The number of carbonyl (C=O) groups excluding carboxylic acids is 2. The van der Waals surface area contributed by atoms with Crippen molar-refractivity contribution in [1.82, 2.24) is 14.9 Å². The fourth-order valence-corrected chi connectivity index (χ4v) is 4.73. The summed E-state index contributed by atoms with van der Waals surface area (Å²) in [5.41, 5.74) is 3.52. The number of aromatic amines is 1. The number of rotatable bonds is 4. The van der Waals surface area contributed by atoms with E-state index >= 15 is 0 Å². The van der Waals surface area contributed by atoms with Gasteiger partial charge in [-0.25, -0.2) is 5.01 Å². The van der Waals surface area contributed by atoms with E-state index in [4.69, 9.17) is 4.42 Å². The van der Waals surface area contributed by atoms with Gasteiger partial charge in [0, 0.05) is 40.7 Å². The number of nitrogens with zero attached hydrogens (tertiary/aromatic N) is 4. The quantitative estimate of drug-likeness (QED) is 0.278. The number of H-pyrrole nitrogens is 1. The zero-order valence-corrected chi connectivity index (χ0v) is 18.4. The van der Waals surface area contributed by atoms with Gasteiger partial charge in [-0.15, -0.1) is 0 Å². The van der Waals surface area contributed by atoms with Crippen molar-refractivity contribution in [1.29, 1.82) is 0 Å². The second kappa shape index (κ2) is 7.94. The summed E-state index contributed by atoms with van der Waals surface area (Å²) in [7, 11) is 0. The molecule has 2 aliphatic heterocycles. The predicted molar refractivity (Wildman–Crippen MR) is 126 cm³/mol. The second-order valence-corrected chi connectivity index (χ2v) is 8.52. The molecule has 174 valence electrons. The summed E-state index contributed by atoms with van der Waals surface area (Å²) in [6, 6.07) is 16.7. The summed E-state index contributed by atoms with van der Waals surface area (Å²) in [5, 5.41) is 17.5. The maximum atomic E-state index is 13.2. The smallest absolute Gasteiger partial charge is 0.270 e. The number of hydrazone groups is 1. The van der Waals surface area contributed by atoms with Crippen LogP contribution in [0.3, 0.4) is 0 Å². The molecule has 10 heteroatoms. The normalized spacial score (nSPS) is 17.8. The Morgan fingerprint density at radius 2 is 1.94 bits per heavy atom. The predicted octanol–water partition coefficient (Wildman–Crippen LogP) is 3.47. The van der Waals surface area contributed by atoms with E-state index < -0.39 is 11.0 Å². The molecule has 0 bridgehead atoms. The van der Waals surface area contributed by atoms with Crippen LogP contribution in [0.15, 0.2) is 70.2 Å². The third-order valence-corrected chi connectivity index (χ3v) is 6.44. The fraction of sp³-hybridized carbons (Fsp3) is 0.160. The Morgan fingerprint density at radius 3 is 2.80 bits per heavy atom. The zero-order chi connectivity index (χ0) is 24.1. The first-order valence-electron chi connectivity index (χ1n) is 11.1. The molecule has 35 heavy (non-hydrogen) atoms. The van der Waals surface area contributed by atoms with E-state index in [1.54, 1.807) is 29.2 Å². The Hall–Kier alpha value is -4.73. The Bertz CT molecular complexity index is 1530. The van der Waals surface area contributed by atoms with Crippen LogP contribution < -0.4 is 0 Å². The second-order valence-electron chi connectivity index (χ2n) is 8.52. The first-order chi connectivity index (χ1) is 17.0. The van der Waals surface area contributed by atoms with Crippen LogP contribution in [0.5, 0.6) is 0 Å². The molecular weight excluding hydrogens is 450 g/mol. The molecule has 2 aliphatic rings. The van der Waals surface area contributed by atoms with E-state index in [-0.39, 0.29) is 24.0 Å². The van der Waals surface area contributed by atoms with Gasteiger partial charge in [0.25, 0.3) is 11.6 Å². The molecule has 0 aliphatic carbocycles. The molecule has 2 aromatic heterocycles. The molecule has 2 amide bonds. The first-order valence-corrected chi connectivity index (χ1v) is 11.1. The van der Waals surface area contributed by atoms with Gasteiger partial charge in [0.05, 0.1) is 17.7 Å². The average molecular weight is 469 g/mol. The van der Waals surface area contributed by atoms with Gasteiger partial charge in [-0.2, -0.15) is 5.10 Å². The van der Waals surface area contributed by atoms with Crippen molar-refractivity contribution in [3.8, 4) is 11.3 Å². The van der Waals surface area contributed by atoms with Crippen LogP contribution >= 0.6 is 0 Å². The summed E-state index contributed by atoms with van der Waals surface area (Å²) in [6.45, 7) is 0.210. The van der Waals surface area contributed by atoms with Crippen molar-refractivity contribution in [3.05, 3.63) is 87.8 Å². The maximum absolute atomic E-state index is 13.2. The number of nitro benzene ring substituents is 1. The number of amides is 2. The molecule has 1 atom stereocenters. The van der Waals surface area contributed by atoms with Gasteiger partial charge in [-0.3, -0.25) is 19.7 Å². The third kappa shape index (κ3) is 3.55. The summed E-state index contributed by atoms with van der Waals surface area (Å²) in [6.07, 6.45) is 1.80. The van der Waals surface area contributed by atoms with E-state index in [1.165, 1.54) is 23.4 Å². The van der Waals surface area contributed by atoms with Gasteiger partial charge in [0.2, 0.25) is 5.91 Å². The number of hydrogen-bond donors (Lipinski definition) is 1. The molecule has 0 spiro atoms. The Kier molecular flexibility index (Phi) is 4.73. The van der Waals surface area contributed by atoms with Crippen molar-refractivity contribution in [2.24, 2.45) is 5.10 Å². The molecule has 2 aromatic carbocycles. The summed E-state index contributed by atoms with van der Waals surface area (Å²) in [4.78, 5) is 41.6. The van der Waals surface area contributed by atoms with Crippen molar-refractivity contribution >= 4 is 34.6 Å². The molecule has 1 saturated heterocycles. The third-order valence-electron chi connectivity index (χ3n) is 6.44. The van der Waals surface area contributed by atoms with Gasteiger partial charge in [-0.1, -0.05) is 30.3 Å². The minimum atomic E-state index is -0.614. The zero-order valence-electron chi connectivity index (χ0n) is 18.4. The SMILES string of the molecule is O=C1C2Cc3c([nH]c4ccccc34)CN2C(=O)CN1/N=C\c1ccc(-c2cccc([N+](=O)[O-])c2)o1. The molecule has 4 heterocycles. The molecule has 1 unspecified atom stereocenters. The van der Waals surface area contributed by atoms with Gasteiger partial charge >= 0.3 is 0 Å². The van der Waals surface area contributed by atoms with Gasteiger partial charge in [-0.05, 0) is 23.8 Å². The fourth-order valence-electron chi connectivity index (χ4n) is 4.73. The monoisotopic (exact) mass is 469 g/mol. The lowest BCUT2D eigenvalue weighted by atomic mass is 9.94. The average Bonchev–Trinajstić information content (AvgIpc) is 3.49. The molecule has 0 saturated carbocycles. The standard InChI is InChI=1S/C25H19N5O5/c31-24-14-29(26-12-17-8-9-23(35-17)15-4-3-5-16(10-15)30(33)34)25(32)22-11-19-18-6-1-2-7-20(18)27-21(19)13-28(22)24/h1-10,12,22,27H,11,13-14H2/b26-12-. The number of furan rings is 1. The number of nitro groups is 1. The van der Waals surface area contributed by atoms with Crippen molar-refractivity contribution in [2.45, 2.75) is 19.0 Å². The van der Waals surface area contributed by atoms with E-state index in [2.05, 4.69) is 10.1 Å². The number of para-hydroxylation sites is 1. The Morgan fingerprint density at radius 1 is 1.09 bits per heavy atom. The number of nitrogens with one attached hydrogen (secondary N) is 1. The minimum Gasteiger partial charge on any atom is -0.455 e. The Labute approximate surface area is 198 Å². The van der Waals surface area contributed by atoms with Crippen LogP contribution in [0, 0.1) is 10.1 Å². The highest BCUT2D eigenvalue weighted by Crippen LogP contribution is 2.32. The molecule has 4 aromatic rings. The lowest BCUT2D eigenvalue weighted by Gasteiger charge is -2.40. The lowest BCUT2D eigenvalue weighted by Crippen LogP contribution is -2.60. The van der Waals surface area contributed by atoms with Crippen molar-refractivity contribution in [3.63, 3.8) is 0 Å². The van der Waals surface area contributed by atoms with E-state index in [0.717, 1.165) is 22.2 Å². The number of piperazine rings is 1. The van der Waals surface area contributed by atoms with Crippen LogP contribution in [-0.2, 0) is 22.6 Å². The largest absolute Gasteiger partial charge is 0.455 e. The maximum Gasteiger partial charge on any atom is 0.270 e. The number of aromatic nitrogens is 1. The van der Waals surface area contributed by atoms with Crippen LogP contribution in [-0.4, -0.2) is 50.4 Å². The summed E-state index contributed by atoms with van der Waals surface area (Å²) >= 11 is 0. The first kappa shape index (κ1) is 20.8. The van der Waals surface area contributed by atoms with E-state index in [1.807, 2.05) is 24.3 Å². The van der Waals surface area contributed by atoms with Crippen LogP contribution in [0.25, 0.3) is 22.2 Å². The molecule has 0 radical (unpaired) electrons. The highest BCUT2D eigenvalue weighted by atomic mass is 16.6.